The van der Waals surface area contributed by atoms with Crippen LogP contribution < -0.4 is 5.73 Å². The number of aryl methyl sites for hydroxylation is 1. The van der Waals surface area contributed by atoms with Gasteiger partial charge in [0.2, 0.25) is 0 Å². The molecule has 0 spiro atoms. The van der Waals surface area contributed by atoms with Crippen molar-refractivity contribution in [3.63, 3.8) is 0 Å². The largest absolute Gasteiger partial charge is 0.398 e. The monoisotopic (exact) mass is 183 g/mol. The number of anilines is 1. The minimum atomic E-state index is 0.805. The number of hydrogen-bond acceptors (Lipinski definition) is 1. The Bertz CT molecular complexity index is 281. The predicted molar refractivity (Wildman–Crippen MR) is 54.6 cm³/mol. The molecule has 0 saturated heterocycles. The minimum absolute atomic E-state index is 0.805. The average molecular weight is 184 g/mol. The highest BCUT2D eigenvalue weighted by Crippen LogP contribution is 2.27. The summed E-state index contributed by atoms with van der Waals surface area (Å²) in [4.78, 5) is 0. The van der Waals surface area contributed by atoms with Crippen molar-refractivity contribution in [3.8, 4) is 0 Å². The number of nitrogens with two attached hydrogens (primary N) is 1. The van der Waals surface area contributed by atoms with Gasteiger partial charge >= 0.3 is 0 Å². The number of benzene rings is 1. The third-order valence-electron chi connectivity index (χ3n) is 2.09. The van der Waals surface area contributed by atoms with Crippen molar-refractivity contribution in [2.45, 2.75) is 26.7 Å². The van der Waals surface area contributed by atoms with Crippen LogP contribution in [0.25, 0.3) is 0 Å². The zero-order valence-electron chi connectivity index (χ0n) is 7.52. The van der Waals surface area contributed by atoms with E-state index in [9.17, 15) is 0 Å². The summed E-state index contributed by atoms with van der Waals surface area (Å²) in [5, 5.41) is 0.847. The van der Waals surface area contributed by atoms with Gasteiger partial charge < -0.3 is 5.73 Å². The number of halogens is 1. The van der Waals surface area contributed by atoms with Crippen molar-refractivity contribution < 1.29 is 0 Å². The summed E-state index contributed by atoms with van der Waals surface area (Å²) in [6.07, 6.45) is 1.87. The summed E-state index contributed by atoms with van der Waals surface area (Å²) in [6, 6.07) is 3.93. The second-order valence-electron chi connectivity index (χ2n) is 2.81. The molecule has 1 aromatic rings. The highest BCUT2D eigenvalue weighted by molar-refractivity contribution is 6.32. The first kappa shape index (κ1) is 9.40. The van der Waals surface area contributed by atoms with E-state index in [1.807, 2.05) is 12.1 Å². The topological polar surface area (TPSA) is 26.0 Å². The van der Waals surface area contributed by atoms with Gasteiger partial charge in [0.15, 0.2) is 0 Å². The zero-order chi connectivity index (χ0) is 9.14. The van der Waals surface area contributed by atoms with Gasteiger partial charge in [0, 0.05) is 10.7 Å². The van der Waals surface area contributed by atoms with E-state index in [1.165, 1.54) is 5.56 Å². The van der Waals surface area contributed by atoms with Gasteiger partial charge in [-0.1, -0.05) is 31.5 Å². The van der Waals surface area contributed by atoms with Crippen LogP contribution in [0, 0.1) is 0 Å². The molecule has 0 bridgehead atoms. The van der Waals surface area contributed by atoms with E-state index in [-0.39, 0.29) is 0 Å². The Kier molecular flexibility index (Phi) is 2.99. The van der Waals surface area contributed by atoms with Crippen molar-refractivity contribution in [2.75, 3.05) is 5.73 Å². The zero-order valence-corrected chi connectivity index (χ0v) is 8.28. The van der Waals surface area contributed by atoms with Gasteiger partial charge in [0.25, 0.3) is 0 Å². The van der Waals surface area contributed by atoms with Gasteiger partial charge in [0.1, 0.15) is 0 Å². The van der Waals surface area contributed by atoms with E-state index >= 15 is 0 Å². The van der Waals surface area contributed by atoms with E-state index in [0.717, 1.165) is 29.1 Å². The molecule has 1 nitrogen and oxygen atoms in total. The first-order valence-electron chi connectivity index (χ1n) is 4.26. The SMILES string of the molecule is CCc1ccc(N)c(CC)c1Cl. The van der Waals surface area contributed by atoms with Gasteiger partial charge in [-0.15, -0.1) is 0 Å². The van der Waals surface area contributed by atoms with E-state index in [4.69, 9.17) is 17.3 Å². The van der Waals surface area contributed by atoms with Crippen LogP contribution in [-0.2, 0) is 12.8 Å². The first-order valence-corrected chi connectivity index (χ1v) is 4.64. The molecule has 12 heavy (non-hydrogen) atoms. The van der Waals surface area contributed by atoms with Crippen LogP contribution in [0.2, 0.25) is 5.02 Å². The molecule has 0 aromatic heterocycles. The van der Waals surface area contributed by atoms with Crippen LogP contribution in [0.15, 0.2) is 12.1 Å². The quantitative estimate of drug-likeness (QED) is 0.701. The van der Waals surface area contributed by atoms with Crippen molar-refractivity contribution in [1.29, 1.82) is 0 Å². The molecule has 0 aliphatic heterocycles. The van der Waals surface area contributed by atoms with Gasteiger partial charge in [-0.3, -0.25) is 0 Å². The third kappa shape index (κ3) is 1.56. The Morgan fingerprint density at radius 3 is 2.42 bits per heavy atom. The molecule has 0 amide bonds. The fraction of sp³-hybridized carbons (Fsp3) is 0.400. The maximum atomic E-state index is 6.13. The van der Waals surface area contributed by atoms with E-state index in [2.05, 4.69) is 13.8 Å². The molecule has 0 fully saturated rings. The molecular weight excluding hydrogens is 170 g/mol. The summed E-state index contributed by atoms with van der Waals surface area (Å²) in [5.74, 6) is 0. The number of rotatable bonds is 2. The van der Waals surface area contributed by atoms with Gasteiger partial charge in [0.05, 0.1) is 0 Å². The Morgan fingerprint density at radius 2 is 1.92 bits per heavy atom. The van der Waals surface area contributed by atoms with Crippen molar-refractivity contribution in [3.05, 3.63) is 28.3 Å². The van der Waals surface area contributed by atoms with E-state index in [0.29, 0.717) is 0 Å². The molecule has 0 aliphatic carbocycles. The lowest BCUT2D eigenvalue weighted by Gasteiger charge is -2.09. The normalized spacial score (nSPS) is 10.2. The highest BCUT2D eigenvalue weighted by Gasteiger charge is 2.06. The van der Waals surface area contributed by atoms with Gasteiger partial charge in [-0.2, -0.15) is 0 Å². The number of nitrogen functional groups attached to an aromatic ring is 1. The maximum Gasteiger partial charge on any atom is 0.0490 e. The predicted octanol–water partition coefficient (Wildman–Crippen LogP) is 3.05. The van der Waals surface area contributed by atoms with Gasteiger partial charge in [-0.05, 0) is 30.0 Å². The smallest absolute Gasteiger partial charge is 0.0490 e. The molecule has 2 heteroatoms. The van der Waals surface area contributed by atoms with E-state index in [1.54, 1.807) is 0 Å². The molecule has 0 saturated carbocycles. The van der Waals surface area contributed by atoms with Crippen LogP contribution in [0.5, 0.6) is 0 Å². The fourth-order valence-electron chi connectivity index (χ4n) is 1.32. The van der Waals surface area contributed by atoms with Crippen LogP contribution >= 0.6 is 11.6 Å². The van der Waals surface area contributed by atoms with Crippen molar-refractivity contribution in [2.24, 2.45) is 0 Å². The molecule has 0 unspecified atom stereocenters. The Balaban J connectivity index is 3.24. The second-order valence-corrected chi connectivity index (χ2v) is 3.19. The van der Waals surface area contributed by atoms with Gasteiger partial charge in [-0.25, -0.2) is 0 Å². The van der Waals surface area contributed by atoms with Crippen LogP contribution in [0.4, 0.5) is 5.69 Å². The fourth-order valence-corrected chi connectivity index (χ4v) is 1.76. The summed E-state index contributed by atoms with van der Waals surface area (Å²) in [7, 11) is 0. The Labute approximate surface area is 78.5 Å². The molecule has 2 N–H and O–H groups in total. The van der Waals surface area contributed by atoms with Crippen LogP contribution in [0.3, 0.4) is 0 Å². The molecule has 1 rings (SSSR count). The lowest BCUT2D eigenvalue weighted by atomic mass is 10.0. The molecule has 66 valence electrons. The number of hydrogen-bond donors (Lipinski definition) is 1. The van der Waals surface area contributed by atoms with E-state index < -0.39 is 0 Å². The standard InChI is InChI=1S/C10H14ClN/c1-3-7-5-6-9(12)8(4-2)10(7)11/h5-6H,3-4,12H2,1-2H3. The summed E-state index contributed by atoms with van der Waals surface area (Å²) in [5.41, 5.74) is 8.84. The molecule has 0 aliphatic rings. The van der Waals surface area contributed by atoms with Crippen LogP contribution in [-0.4, -0.2) is 0 Å². The molecular formula is C10H14ClN. The summed E-state index contributed by atoms with van der Waals surface area (Å²) >= 11 is 6.13. The van der Waals surface area contributed by atoms with Crippen molar-refractivity contribution in [1.82, 2.24) is 0 Å². The first-order chi connectivity index (χ1) is 5.70. The molecule has 0 heterocycles. The average Bonchev–Trinajstić information content (AvgIpc) is 2.06. The second kappa shape index (κ2) is 3.81. The maximum absolute atomic E-state index is 6.13. The molecule has 0 atom stereocenters. The summed E-state index contributed by atoms with van der Waals surface area (Å²) < 4.78 is 0. The molecule has 1 aromatic carbocycles. The highest BCUT2D eigenvalue weighted by atomic mass is 35.5. The lowest BCUT2D eigenvalue weighted by molar-refractivity contribution is 1.09. The Morgan fingerprint density at radius 1 is 1.25 bits per heavy atom. The Hall–Kier alpha value is -0.690. The summed E-state index contributed by atoms with van der Waals surface area (Å²) in [6.45, 7) is 4.16. The molecule has 0 radical (unpaired) electrons. The lowest BCUT2D eigenvalue weighted by Crippen LogP contribution is -1.96. The van der Waals surface area contributed by atoms with Crippen LogP contribution in [0.1, 0.15) is 25.0 Å². The minimum Gasteiger partial charge on any atom is -0.398 e. The third-order valence-corrected chi connectivity index (χ3v) is 2.56. The van der Waals surface area contributed by atoms with Crippen molar-refractivity contribution >= 4 is 17.3 Å².